The summed E-state index contributed by atoms with van der Waals surface area (Å²) in [5.74, 6) is -0.0913. The van der Waals surface area contributed by atoms with Crippen molar-refractivity contribution < 1.29 is 4.79 Å². The van der Waals surface area contributed by atoms with Gasteiger partial charge in [0.15, 0.2) is 0 Å². The van der Waals surface area contributed by atoms with Crippen LogP contribution in [0, 0.1) is 13.8 Å². The normalized spacial score (nSPS) is 10.4. The third-order valence-corrected chi connectivity index (χ3v) is 3.88. The Balaban J connectivity index is 1.97. The number of rotatable bonds is 4. The fraction of sp³-hybridized carbons (Fsp3) is 0.143. The molecule has 1 aromatic heterocycles. The van der Waals surface area contributed by atoms with Crippen LogP contribution in [0.2, 0.25) is 0 Å². The highest BCUT2D eigenvalue weighted by Crippen LogP contribution is 2.20. The number of benzene rings is 2. The molecular weight excluding hydrogens is 296 g/mol. The lowest BCUT2D eigenvalue weighted by molar-refractivity contribution is 0.0980. The van der Waals surface area contributed by atoms with E-state index in [9.17, 15) is 4.79 Å². The Morgan fingerprint density at radius 1 is 0.875 bits per heavy atom. The Morgan fingerprint density at radius 3 is 2.25 bits per heavy atom. The second kappa shape index (κ2) is 7.09. The minimum atomic E-state index is -0.0913. The highest BCUT2D eigenvalue weighted by Gasteiger charge is 2.19. The van der Waals surface area contributed by atoms with Gasteiger partial charge in [-0.25, -0.2) is 4.98 Å². The van der Waals surface area contributed by atoms with E-state index in [4.69, 9.17) is 0 Å². The molecule has 0 aliphatic rings. The molecule has 0 spiro atoms. The summed E-state index contributed by atoms with van der Waals surface area (Å²) in [5, 5.41) is 0. The quantitative estimate of drug-likeness (QED) is 0.707. The van der Waals surface area contributed by atoms with Crippen LogP contribution in [0.5, 0.6) is 0 Å². The van der Waals surface area contributed by atoms with Crippen LogP contribution in [0.4, 0.5) is 5.69 Å². The van der Waals surface area contributed by atoms with E-state index in [0.29, 0.717) is 12.2 Å². The molecule has 0 fully saturated rings. The number of hydrogen-bond donors (Lipinski definition) is 0. The van der Waals surface area contributed by atoms with Crippen molar-refractivity contribution >= 4 is 11.6 Å². The molecule has 2 aromatic carbocycles. The van der Waals surface area contributed by atoms with Crippen molar-refractivity contribution in [3.8, 4) is 0 Å². The maximum Gasteiger partial charge on any atom is 0.277 e. The average Bonchev–Trinajstić information content (AvgIpc) is 2.61. The number of hydrogen-bond acceptors (Lipinski definition) is 2. The molecule has 0 saturated heterocycles. The van der Waals surface area contributed by atoms with E-state index in [-0.39, 0.29) is 5.91 Å². The maximum absolute atomic E-state index is 13.1. The summed E-state index contributed by atoms with van der Waals surface area (Å²) in [6.45, 7) is 4.44. The first-order chi connectivity index (χ1) is 11.6. The van der Waals surface area contributed by atoms with Gasteiger partial charge in [-0.05, 0) is 43.7 Å². The van der Waals surface area contributed by atoms with Gasteiger partial charge < -0.3 is 4.90 Å². The predicted octanol–water partition coefficient (Wildman–Crippen LogP) is 4.55. The molecule has 0 unspecified atom stereocenters. The topological polar surface area (TPSA) is 33.2 Å². The second-order valence-electron chi connectivity index (χ2n) is 5.88. The van der Waals surface area contributed by atoms with Gasteiger partial charge in [-0.15, -0.1) is 0 Å². The predicted molar refractivity (Wildman–Crippen MR) is 97.1 cm³/mol. The summed E-state index contributed by atoms with van der Waals surface area (Å²) in [6.07, 6.45) is 0. The summed E-state index contributed by atoms with van der Waals surface area (Å²) < 4.78 is 0. The lowest BCUT2D eigenvalue weighted by Gasteiger charge is -2.23. The van der Waals surface area contributed by atoms with Crippen LogP contribution >= 0.6 is 0 Å². The Hall–Kier alpha value is -2.94. The molecule has 3 rings (SSSR count). The van der Waals surface area contributed by atoms with Crippen LogP contribution in [0.25, 0.3) is 0 Å². The number of aromatic nitrogens is 1. The van der Waals surface area contributed by atoms with E-state index in [1.165, 1.54) is 5.56 Å². The Morgan fingerprint density at radius 2 is 1.58 bits per heavy atom. The fourth-order valence-corrected chi connectivity index (χ4v) is 2.57. The maximum atomic E-state index is 13.1. The van der Waals surface area contributed by atoms with Gasteiger partial charge in [-0.3, -0.25) is 4.79 Å². The monoisotopic (exact) mass is 316 g/mol. The zero-order chi connectivity index (χ0) is 16.9. The van der Waals surface area contributed by atoms with E-state index in [2.05, 4.69) is 4.98 Å². The van der Waals surface area contributed by atoms with Gasteiger partial charge in [-0.1, -0.05) is 54.1 Å². The molecular formula is C21H20N2O. The Kier molecular flexibility index (Phi) is 4.71. The number of aryl methyl sites for hydroxylation is 2. The third kappa shape index (κ3) is 3.69. The summed E-state index contributed by atoms with van der Waals surface area (Å²) >= 11 is 0. The van der Waals surface area contributed by atoms with E-state index in [1.54, 1.807) is 11.0 Å². The molecule has 0 radical (unpaired) electrons. The zero-order valence-electron chi connectivity index (χ0n) is 13.9. The molecule has 1 heterocycles. The van der Waals surface area contributed by atoms with Crippen molar-refractivity contribution in [2.24, 2.45) is 0 Å². The molecule has 1 amide bonds. The fourth-order valence-electron chi connectivity index (χ4n) is 2.57. The third-order valence-electron chi connectivity index (χ3n) is 3.88. The molecule has 24 heavy (non-hydrogen) atoms. The molecule has 0 aliphatic heterocycles. The lowest BCUT2D eigenvalue weighted by atomic mass is 10.1. The summed E-state index contributed by atoms with van der Waals surface area (Å²) in [4.78, 5) is 19.2. The van der Waals surface area contributed by atoms with Crippen molar-refractivity contribution in [1.82, 2.24) is 4.98 Å². The van der Waals surface area contributed by atoms with Crippen LogP contribution < -0.4 is 4.90 Å². The standard InChI is InChI=1S/C21H20N2O/c1-16-11-13-19(14-12-16)23(15-18-8-4-3-5-9-18)21(24)20-10-6-7-17(2)22-20/h3-14H,15H2,1-2H3. The van der Waals surface area contributed by atoms with Gasteiger partial charge in [0, 0.05) is 11.4 Å². The molecule has 3 aromatic rings. The first-order valence-electron chi connectivity index (χ1n) is 7.99. The van der Waals surface area contributed by atoms with Gasteiger partial charge in [0.1, 0.15) is 5.69 Å². The number of nitrogens with zero attached hydrogens (tertiary/aromatic N) is 2. The highest BCUT2D eigenvalue weighted by molar-refractivity contribution is 6.04. The number of amides is 1. The van der Waals surface area contributed by atoms with Crippen LogP contribution in [-0.2, 0) is 6.54 Å². The first-order valence-corrected chi connectivity index (χ1v) is 7.99. The van der Waals surface area contributed by atoms with Gasteiger partial charge in [-0.2, -0.15) is 0 Å². The first kappa shape index (κ1) is 15.9. The summed E-state index contributed by atoms with van der Waals surface area (Å²) in [6, 6.07) is 23.5. The molecule has 3 heteroatoms. The van der Waals surface area contributed by atoms with Crippen molar-refractivity contribution in [2.45, 2.75) is 20.4 Å². The molecule has 0 saturated carbocycles. The van der Waals surface area contributed by atoms with Gasteiger partial charge in [0.2, 0.25) is 0 Å². The van der Waals surface area contributed by atoms with E-state index >= 15 is 0 Å². The van der Waals surface area contributed by atoms with E-state index < -0.39 is 0 Å². The van der Waals surface area contributed by atoms with Crippen LogP contribution in [0.1, 0.15) is 27.3 Å². The summed E-state index contributed by atoms with van der Waals surface area (Å²) in [7, 11) is 0. The van der Waals surface area contributed by atoms with Gasteiger partial charge in [0.05, 0.1) is 6.54 Å². The largest absolute Gasteiger partial charge is 0.303 e. The number of anilines is 1. The zero-order valence-corrected chi connectivity index (χ0v) is 13.9. The van der Waals surface area contributed by atoms with E-state index in [0.717, 1.165) is 16.9 Å². The molecule has 120 valence electrons. The van der Waals surface area contributed by atoms with Crippen molar-refractivity contribution in [3.63, 3.8) is 0 Å². The van der Waals surface area contributed by atoms with Gasteiger partial charge in [0.25, 0.3) is 5.91 Å². The molecule has 3 nitrogen and oxygen atoms in total. The van der Waals surface area contributed by atoms with Crippen LogP contribution in [0.3, 0.4) is 0 Å². The van der Waals surface area contributed by atoms with Crippen molar-refractivity contribution in [1.29, 1.82) is 0 Å². The van der Waals surface area contributed by atoms with Crippen LogP contribution in [-0.4, -0.2) is 10.9 Å². The highest BCUT2D eigenvalue weighted by atomic mass is 16.2. The summed E-state index contributed by atoms with van der Waals surface area (Å²) in [5.41, 5.74) is 4.42. The number of pyridine rings is 1. The second-order valence-corrected chi connectivity index (χ2v) is 5.88. The molecule has 0 bridgehead atoms. The van der Waals surface area contributed by atoms with Gasteiger partial charge >= 0.3 is 0 Å². The average molecular weight is 316 g/mol. The van der Waals surface area contributed by atoms with Crippen LogP contribution in [0.15, 0.2) is 72.8 Å². The Labute approximate surface area is 142 Å². The van der Waals surface area contributed by atoms with Crippen molar-refractivity contribution in [2.75, 3.05) is 4.90 Å². The lowest BCUT2D eigenvalue weighted by Crippen LogP contribution is -2.31. The SMILES string of the molecule is Cc1ccc(N(Cc2ccccc2)C(=O)c2cccc(C)n2)cc1. The molecule has 0 aliphatic carbocycles. The van der Waals surface area contributed by atoms with E-state index in [1.807, 2.05) is 80.6 Å². The molecule has 0 atom stereocenters. The molecule has 0 N–H and O–H groups in total. The van der Waals surface area contributed by atoms with Crippen molar-refractivity contribution in [3.05, 3.63) is 95.3 Å². The Bertz CT molecular complexity index is 826. The minimum absolute atomic E-state index is 0.0913. The number of carbonyl (C=O) groups excluding carboxylic acids is 1. The smallest absolute Gasteiger partial charge is 0.277 e. The number of carbonyl (C=O) groups is 1. The minimum Gasteiger partial charge on any atom is -0.303 e.